The van der Waals surface area contributed by atoms with Crippen molar-refractivity contribution in [1.29, 1.82) is 0 Å². The van der Waals surface area contributed by atoms with Gasteiger partial charge in [-0.05, 0) is 13.8 Å². The van der Waals surface area contributed by atoms with Gasteiger partial charge in [-0.3, -0.25) is 0 Å². The van der Waals surface area contributed by atoms with Crippen LogP contribution in [-0.4, -0.2) is 28.0 Å². The molecule has 0 atom stereocenters. The molecule has 5 nitrogen and oxygen atoms in total. The molecule has 0 spiro atoms. The van der Waals surface area contributed by atoms with E-state index in [2.05, 4.69) is 10.4 Å². The van der Waals surface area contributed by atoms with E-state index in [0.29, 0.717) is 12.2 Å². The number of anilines is 2. The summed E-state index contributed by atoms with van der Waals surface area (Å²) < 4.78 is 1.85. The molecule has 0 amide bonds. The van der Waals surface area contributed by atoms with E-state index < -0.39 is 0 Å². The SMILES string of the molecule is CCn1nc(C)c(N)c1NCC(C)(C)CO. The fourth-order valence-electron chi connectivity index (χ4n) is 1.39. The van der Waals surface area contributed by atoms with Gasteiger partial charge in [0, 0.05) is 25.1 Å². The van der Waals surface area contributed by atoms with Crippen molar-refractivity contribution in [2.45, 2.75) is 34.2 Å². The molecule has 0 aliphatic heterocycles. The Hall–Kier alpha value is -1.23. The first-order valence-electron chi connectivity index (χ1n) is 5.59. The number of nitrogens with zero attached hydrogens (tertiary/aromatic N) is 2. The van der Waals surface area contributed by atoms with Crippen LogP contribution in [0.15, 0.2) is 0 Å². The molecule has 0 saturated heterocycles. The van der Waals surface area contributed by atoms with Gasteiger partial charge in [-0.15, -0.1) is 0 Å². The summed E-state index contributed by atoms with van der Waals surface area (Å²) >= 11 is 0. The monoisotopic (exact) mass is 226 g/mol. The molecule has 1 rings (SSSR count). The molecule has 0 aromatic carbocycles. The van der Waals surface area contributed by atoms with Crippen molar-refractivity contribution in [3.63, 3.8) is 0 Å². The molecule has 0 bridgehead atoms. The first-order chi connectivity index (χ1) is 7.41. The lowest BCUT2D eigenvalue weighted by Gasteiger charge is -2.23. The number of aromatic nitrogens is 2. The van der Waals surface area contributed by atoms with Crippen molar-refractivity contribution in [2.75, 3.05) is 24.2 Å². The molecule has 4 N–H and O–H groups in total. The second-order valence-electron chi connectivity index (χ2n) is 4.84. The van der Waals surface area contributed by atoms with Gasteiger partial charge in [0.15, 0.2) is 0 Å². The Morgan fingerprint density at radius 2 is 2.12 bits per heavy atom. The molecule has 16 heavy (non-hydrogen) atoms. The van der Waals surface area contributed by atoms with Crippen LogP contribution in [0.2, 0.25) is 0 Å². The molecule has 0 saturated carbocycles. The van der Waals surface area contributed by atoms with E-state index in [4.69, 9.17) is 5.73 Å². The Kier molecular flexibility index (Phi) is 3.80. The van der Waals surface area contributed by atoms with Gasteiger partial charge in [0.2, 0.25) is 0 Å². The molecule has 0 aliphatic rings. The lowest BCUT2D eigenvalue weighted by molar-refractivity contribution is 0.170. The van der Waals surface area contributed by atoms with E-state index in [-0.39, 0.29) is 12.0 Å². The Morgan fingerprint density at radius 3 is 2.62 bits per heavy atom. The van der Waals surface area contributed by atoms with E-state index in [1.54, 1.807) is 0 Å². The zero-order valence-corrected chi connectivity index (χ0v) is 10.5. The molecule has 1 aromatic rings. The van der Waals surface area contributed by atoms with Gasteiger partial charge < -0.3 is 16.2 Å². The van der Waals surface area contributed by atoms with Crippen molar-refractivity contribution >= 4 is 11.5 Å². The van der Waals surface area contributed by atoms with Crippen LogP contribution < -0.4 is 11.1 Å². The lowest BCUT2D eigenvalue weighted by atomic mass is 9.95. The van der Waals surface area contributed by atoms with Gasteiger partial charge in [0.1, 0.15) is 5.82 Å². The minimum absolute atomic E-state index is 0.138. The summed E-state index contributed by atoms with van der Waals surface area (Å²) in [6.45, 7) is 9.49. The van der Waals surface area contributed by atoms with Gasteiger partial charge in [-0.2, -0.15) is 5.10 Å². The summed E-state index contributed by atoms with van der Waals surface area (Å²) in [4.78, 5) is 0. The molecule has 92 valence electrons. The third-order valence-corrected chi connectivity index (χ3v) is 2.64. The molecular formula is C11H22N4O. The fraction of sp³-hybridized carbons (Fsp3) is 0.727. The summed E-state index contributed by atoms with van der Waals surface area (Å²) in [7, 11) is 0. The highest BCUT2D eigenvalue weighted by atomic mass is 16.3. The number of rotatable bonds is 5. The van der Waals surface area contributed by atoms with Gasteiger partial charge >= 0.3 is 0 Å². The Labute approximate surface area is 96.6 Å². The topological polar surface area (TPSA) is 76.1 Å². The van der Waals surface area contributed by atoms with E-state index in [0.717, 1.165) is 18.1 Å². The minimum Gasteiger partial charge on any atom is -0.396 e. The molecule has 0 unspecified atom stereocenters. The highest BCUT2D eigenvalue weighted by Crippen LogP contribution is 2.24. The highest BCUT2D eigenvalue weighted by molar-refractivity contribution is 5.64. The number of nitrogen functional groups attached to an aromatic ring is 1. The largest absolute Gasteiger partial charge is 0.396 e. The van der Waals surface area contributed by atoms with Gasteiger partial charge in [0.05, 0.1) is 11.4 Å². The molecule has 0 fully saturated rings. The van der Waals surface area contributed by atoms with Gasteiger partial charge in [-0.25, -0.2) is 4.68 Å². The Bertz CT molecular complexity index is 357. The van der Waals surface area contributed by atoms with Crippen LogP contribution in [0.1, 0.15) is 26.5 Å². The van der Waals surface area contributed by atoms with Crippen LogP contribution in [0.5, 0.6) is 0 Å². The fourth-order valence-corrected chi connectivity index (χ4v) is 1.39. The van der Waals surface area contributed by atoms with Gasteiger partial charge in [0.25, 0.3) is 0 Å². The number of aliphatic hydroxyl groups excluding tert-OH is 1. The maximum atomic E-state index is 9.18. The van der Waals surface area contributed by atoms with Crippen LogP contribution in [-0.2, 0) is 6.54 Å². The summed E-state index contributed by atoms with van der Waals surface area (Å²) in [5.74, 6) is 0.849. The summed E-state index contributed by atoms with van der Waals surface area (Å²) in [5.41, 5.74) is 7.31. The summed E-state index contributed by atoms with van der Waals surface area (Å²) in [6.07, 6.45) is 0. The second-order valence-corrected chi connectivity index (χ2v) is 4.84. The summed E-state index contributed by atoms with van der Waals surface area (Å²) in [5, 5.41) is 16.8. The molecule has 0 aliphatic carbocycles. The van der Waals surface area contributed by atoms with E-state index in [1.807, 2.05) is 32.4 Å². The van der Waals surface area contributed by atoms with Crippen LogP contribution >= 0.6 is 0 Å². The maximum absolute atomic E-state index is 9.18. The summed E-state index contributed by atoms with van der Waals surface area (Å²) in [6, 6.07) is 0. The smallest absolute Gasteiger partial charge is 0.148 e. The molecule has 1 heterocycles. The highest BCUT2D eigenvalue weighted by Gasteiger charge is 2.18. The van der Waals surface area contributed by atoms with E-state index in [9.17, 15) is 5.11 Å². The van der Waals surface area contributed by atoms with E-state index in [1.165, 1.54) is 0 Å². The van der Waals surface area contributed by atoms with Crippen molar-refractivity contribution in [3.05, 3.63) is 5.69 Å². The molecule has 1 aromatic heterocycles. The van der Waals surface area contributed by atoms with Gasteiger partial charge in [-0.1, -0.05) is 13.8 Å². The number of hydrogen-bond acceptors (Lipinski definition) is 4. The van der Waals surface area contributed by atoms with Crippen molar-refractivity contribution in [2.24, 2.45) is 5.41 Å². The minimum atomic E-state index is -0.164. The third kappa shape index (κ3) is 2.66. The zero-order valence-electron chi connectivity index (χ0n) is 10.5. The van der Waals surface area contributed by atoms with Crippen LogP contribution in [0, 0.1) is 12.3 Å². The first kappa shape index (κ1) is 12.8. The number of nitrogens with one attached hydrogen (secondary N) is 1. The van der Waals surface area contributed by atoms with Crippen LogP contribution in [0.3, 0.4) is 0 Å². The van der Waals surface area contributed by atoms with Crippen molar-refractivity contribution in [3.8, 4) is 0 Å². The second kappa shape index (κ2) is 4.74. The van der Waals surface area contributed by atoms with Crippen LogP contribution in [0.25, 0.3) is 0 Å². The first-order valence-corrected chi connectivity index (χ1v) is 5.59. The molecular weight excluding hydrogens is 204 g/mol. The normalized spacial score (nSPS) is 11.8. The Morgan fingerprint density at radius 1 is 1.50 bits per heavy atom. The molecule has 0 radical (unpaired) electrons. The third-order valence-electron chi connectivity index (χ3n) is 2.64. The number of hydrogen-bond donors (Lipinski definition) is 3. The van der Waals surface area contributed by atoms with Crippen molar-refractivity contribution in [1.82, 2.24) is 9.78 Å². The quantitative estimate of drug-likeness (QED) is 0.705. The van der Waals surface area contributed by atoms with Crippen LogP contribution in [0.4, 0.5) is 11.5 Å². The number of aliphatic hydroxyl groups is 1. The maximum Gasteiger partial charge on any atom is 0.148 e. The predicted molar refractivity (Wildman–Crippen MR) is 66.4 cm³/mol. The average molecular weight is 226 g/mol. The predicted octanol–water partition coefficient (Wildman–Crippen LogP) is 1.22. The number of nitrogens with two attached hydrogens (primary N) is 1. The standard InChI is InChI=1S/C11H22N4O/c1-5-15-10(9(12)8(2)14-15)13-6-11(3,4)7-16/h13,16H,5-7,12H2,1-4H3. The van der Waals surface area contributed by atoms with E-state index >= 15 is 0 Å². The molecule has 5 heteroatoms. The lowest BCUT2D eigenvalue weighted by Crippen LogP contribution is -2.27. The Balaban J connectivity index is 2.81. The van der Waals surface area contributed by atoms with Crippen molar-refractivity contribution < 1.29 is 5.11 Å². The number of aryl methyl sites for hydroxylation is 2. The average Bonchev–Trinajstić information content (AvgIpc) is 2.52. The zero-order chi connectivity index (χ0) is 12.3.